The summed E-state index contributed by atoms with van der Waals surface area (Å²) < 4.78 is 12.9. The second-order valence-electron chi connectivity index (χ2n) is 6.32. The van der Waals surface area contributed by atoms with Crippen LogP contribution in [-0.4, -0.2) is 28.8 Å². The number of halogens is 1. The van der Waals surface area contributed by atoms with Crippen molar-refractivity contribution in [1.82, 2.24) is 9.88 Å². The first-order chi connectivity index (χ1) is 13.1. The molecule has 1 amide bonds. The molecule has 1 aromatic carbocycles. The summed E-state index contributed by atoms with van der Waals surface area (Å²) in [6, 6.07) is 12.9. The average molecular weight is 380 g/mol. The van der Waals surface area contributed by atoms with Gasteiger partial charge < -0.3 is 5.73 Å². The summed E-state index contributed by atoms with van der Waals surface area (Å²) in [5.41, 5.74) is 8.17. The quantitative estimate of drug-likeness (QED) is 0.755. The maximum Gasteiger partial charge on any atom is 0.267 e. The van der Waals surface area contributed by atoms with E-state index in [0.29, 0.717) is 16.8 Å². The van der Waals surface area contributed by atoms with Crippen LogP contribution in [0.2, 0.25) is 0 Å². The SMILES string of the molecule is CN1C(=O)C(c2cccc(-c3ccsc3)c2)(c2ccc(CF)cn2)N=C1N. The molecule has 0 spiro atoms. The molecule has 2 N–H and O–H groups in total. The van der Waals surface area contributed by atoms with Crippen LogP contribution in [0, 0.1) is 0 Å². The second kappa shape index (κ2) is 6.59. The highest BCUT2D eigenvalue weighted by Gasteiger charge is 2.50. The first-order valence-corrected chi connectivity index (χ1v) is 9.28. The van der Waals surface area contributed by atoms with Crippen molar-refractivity contribution in [3.63, 3.8) is 0 Å². The first-order valence-electron chi connectivity index (χ1n) is 8.34. The molecule has 5 nitrogen and oxygen atoms in total. The third-order valence-electron chi connectivity index (χ3n) is 4.72. The number of nitrogens with zero attached hydrogens (tertiary/aromatic N) is 3. The zero-order valence-corrected chi connectivity index (χ0v) is 15.4. The van der Waals surface area contributed by atoms with Gasteiger partial charge in [0, 0.05) is 18.8 Å². The number of guanidine groups is 1. The summed E-state index contributed by atoms with van der Waals surface area (Å²) in [5, 5.41) is 4.04. The molecule has 2 aromatic heterocycles. The topological polar surface area (TPSA) is 71.6 Å². The molecule has 1 aliphatic rings. The molecule has 0 saturated heterocycles. The van der Waals surface area contributed by atoms with Gasteiger partial charge in [-0.3, -0.25) is 14.7 Å². The van der Waals surface area contributed by atoms with E-state index in [1.807, 2.05) is 41.1 Å². The number of nitrogens with two attached hydrogens (primary N) is 1. The molecule has 3 heterocycles. The summed E-state index contributed by atoms with van der Waals surface area (Å²) in [5.74, 6) is -0.166. The predicted octanol–water partition coefficient (Wildman–Crippen LogP) is 3.31. The van der Waals surface area contributed by atoms with Gasteiger partial charge in [-0.25, -0.2) is 9.38 Å². The Labute approximate surface area is 160 Å². The molecule has 136 valence electrons. The molecule has 1 aliphatic heterocycles. The molecule has 3 aromatic rings. The molecular weight excluding hydrogens is 363 g/mol. The van der Waals surface area contributed by atoms with Crippen molar-refractivity contribution in [2.45, 2.75) is 12.2 Å². The van der Waals surface area contributed by atoms with E-state index in [4.69, 9.17) is 5.73 Å². The maximum atomic E-state index is 13.2. The molecule has 0 aliphatic carbocycles. The number of carbonyl (C=O) groups is 1. The minimum atomic E-state index is -1.38. The molecule has 0 saturated carbocycles. The summed E-state index contributed by atoms with van der Waals surface area (Å²) in [4.78, 5) is 23.4. The van der Waals surface area contributed by atoms with Crippen LogP contribution in [0.25, 0.3) is 11.1 Å². The van der Waals surface area contributed by atoms with E-state index < -0.39 is 12.2 Å². The Balaban J connectivity index is 1.92. The highest BCUT2D eigenvalue weighted by molar-refractivity contribution is 7.08. The summed E-state index contributed by atoms with van der Waals surface area (Å²) in [6.45, 7) is -0.618. The zero-order chi connectivity index (χ0) is 19.0. The molecule has 0 fully saturated rings. The number of aliphatic imine (C=N–C) groups is 1. The fourth-order valence-corrected chi connectivity index (χ4v) is 3.88. The van der Waals surface area contributed by atoms with Crippen LogP contribution in [0.3, 0.4) is 0 Å². The lowest BCUT2D eigenvalue weighted by molar-refractivity contribution is -0.129. The number of thiophene rings is 1. The normalized spacial score (nSPS) is 19.4. The van der Waals surface area contributed by atoms with Crippen LogP contribution in [0.15, 0.2) is 64.4 Å². The Kier molecular flexibility index (Phi) is 4.24. The number of likely N-dealkylation sites (N-methyl/N-ethyl adjacent to an activating group) is 1. The van der Waals surface area contributed by atoms with Crippen LogP contribution in [0.5, 0.6) is 0 Å². The Morgan fingerprint density at radius 1 is 1.22 bits per heavy atom. The van der Waals surface area contributed by atoms with Gasteiger partial charge in [0.15, 0.2) is 5.96 Å². The Bertz CT molecular complexity index is 1020. The zero-order valence-electron chi connectivity index (χ0n) is 14.6. The van der Waals surface area contributed by atoms with Gasteiger partial charge in [0.25, 0.3) is 5.91 Å². The molecule has 0 radical (unpaired) electrons. The van der Waals surface area contributed by atoms with Gasteiger partial charge in [-0.05, 0) is 45.6 Å². The number of carbonyl (C=O) groups excluding carboxylic acids is 1. The van der Waals surface area contributed by atoms with Crippen molar-refractivity contribution >= 4 is 23.2 Å². The number of amides is 1. The Morgan fingerprint density at radius 3 is 2.67 bits per heavy atom. The fourth-order valence-electron chi connectivity index (χ4n) is 3.21. The molecule has 27 heavy (non-hydrogen) atoms. The Hall–Kier alpha value is -3.06. The van der Waals surface area contributed by atoms with Crippen molar-refractivity contribution in [3.05, 3.63) is 76.2 Å². The van der Waals surface area contributed by atoms with Gasteiger partial charge in [0.05, 0.1) is 5.69 Å². The van der Waals surface area contributed by atoms with Crippen LogP contribution < -0.4 is 5.73 Å². The number of pyridine rings is 1. The van der Waals surface area contributed by atoms with Crippen LogP contribution in [-0.2, 0) is 17.0 Å². The highest BCUT2D eigenvalue weighted by Crippen LogP contribution is 2.39. The largest absolute Gasteiger partial charge is 0.369 e. The summed E-state index contributed by atoms with van der Waals surface area (Å²) >= 11 is 1.60. The number of benzene rings is 1. The number of rotatable bonds is 4. The molecule has 4 rings (SSSR count). The van der Waals surface area contributed by atoms with E-state index in [0.717, 1.165) is 11.1 Å². The molecule has 0 bridgehead atoms. The van der Waals surface area contributed by atoms with Gasteiger partial charge in [-0.2, -0.15) is 11.3 Å². The minimum absolute atomic E-state index is 0.123. The van der Waals surface area contributed by atoms with Gasteiger partial charge >= 0.3 is 0 Å². The third kappa shape index (κ3) is 2.71. The minimum Gasteiger partial charge on any atom is -0.369 e. The maximum absolute atomic E-state index is 13.2. The fraction of sp³-hybridized carbons (Fsp3) is 0.150. The number of hydrogen-bond donors (Lipinski definition) is 1. The van der Waals surface area contributed by atoms with Gasteiger partial charge in [-0.1, -0.05) is 24.3 Å². The number of aromatic nitrogens is 1. The van der Waals surface area contributed by atoms with E-state index in [9.17, 15) is 9.18 Å². The molecule has 1 unspecified atom stereocenters. The van der Waals surface area contributed by atoms with Crippen LogP contribution in [0.4, 0.5) is 4.39 Å². The monoisotopic (exact) mass is 380 g/mol. The van der Waals surface area contributed by atoms with Gasteiger partial charge in [0.2, 0.25) is 5.54 Å². The van der Waals surface area contributed by atoms with Crippen LogP contribution in [0.1, 0.15) is 16.8 Å². The van der Waals surface area contributed by atoms with Crippen molar-refractivity contribution in [2.75, 3.05) is 7.05 Å². The van der Waals surface area contributed by atoms with E-state index in [2.05, 4.69) is 9.98 Å². The van der Waals surface area contributed by atoms with E-state index in [1.165, 1.54) is 11.1 Å². The molecule has 7 heteroatoms. The third-order valence-corrected chi connectivity index (χ3v) is 5.41. The number of hydrogen-bond acceptors (Lipinski definition) is 5. The van der Waals surface area contributed by atoms with E-state index >= 15 is 0 Å². The lowest BCUT2D eigenvalue weighted by atomic mass is 9.84. The highest BCUT2D eigenvalue weighted by atomic mass is 32.1. The van der Waals surface area contributed by atoms with Crippen LogP contribution >= 0.6 is 11.3 Å². The van der Waals surface area contributed by atoms with E-state index in [-0.39, 0.29) is 11.9 Å². The first kappa shape index (κ1) is 17.4. The second-order valence-corrected chi connectivity index (χ2v) is 7.10. The van der Waals surface area contributed by atoms with Crippen molar-refractivity contribution < 1.29 is 9.18 Å². The number of alkyl halides is 1. The lowest BCUT2D eigenvalue weighted by Gasteiger charge is -2.25. The van der Waals surface area contributed by atoms with Crippen molar-refractivity contribution in [1.29, 1.82) is 0 Å². The van der Waals surface area contributed by atoms with Gasteiger partial charge in [-0.15, -0.1) is 0 Å². The van der Waals surface area contributed by atoms with E-state index in [1.54, 1.807) is 30.5 Å². The molecular formula is C20H17FN4OS. The predicted molar refractivity (Wildman–Crippen MR) is 104 cm³/mol. The standard InChI is InChI=1S/C20H17FN4OS/c1-25-18(26)20(24-19(25)22,17-6-5-13(10-21)11-23-17)16-4-2-3-14(9-16)15-7-8-27-12-15/h2-9,11-12H,10H2,1H3,(H2,22,24). The Morgan fingerprint density at radius 2 is 2.07 bits per heavy atom. The van der Waals surface area contributed by atoms with Crippen molar-refractivity contribution in [3.8, 4) is 11.1 Å². The smallest absolute Gasteiger partial charge is 0.267 e. The summed E-state index contributed by atoms with van der Waals surface area (Å²) in [6.07, 6.45) is 1.43. The van der Waals surface area contributed by atoms with Gasteiger partial charge in [0.1, 0.15) is 6.67 Å². The summed E-state index contributed by atoms with van der Waals surface area (Å²) in [7, 11) is 1.58. The molecule has 1 atom stereocenters. The van der Waals surface area contributed by atoms with Crippen molar-refractivity contribution in [2.24, 2.45) is 10.7 Å². The lowest BCUT2D eigenvalue weighted by Crippen LogP contribution is -2.41. The average Bonchev–Trinajstić information content (AvgIpc) is 3.32.